The van der Waals surface area contributed by atoms with Crippen LogP contribution in [0.3, 0.4) is 0 Å². The fraction of sp³-hybridized carbons (Fsp3) is 0.217. The standard InChI is InChI=1S/C23H23FN2O/c1-17-4-2-5-18(14-17)11-13-26-23(27)22(15-19-6-3-12-25-16-19)20-7-9-21(24)10-8-20/h2-10,12,14,16,22H,11,13,15H2,1H3,(H,26,27). The van der Waals surface area contributed by atoms with Crippen LogP contribution in [0.4, 0.5) is 4.39 Å². The lowest BCUT2D eigenvalue weighted by Gasteiger charge is -2.17. The number of pyridine rings is 1. The molecule has 1 heterocycles. The number of aryl methyl sites for hydroxylation is 1. The molecule has 1 N–H and O–H groups in total. The predicted molar refractivity (Wildman–Crippen MR) is 105 cm³/mol. The van der Waals surface area contributed by atoms with Crippen molar-refractivity contribution in [3.05, 3.63) is 101 Å². The fourth-order valence-electron chi connectivity index (χ4n) is 3.13. The molecule has 0 spiro atoms. The number of benzene rings is 2. The monoisotopic (exact) mass is 362 g/mol. The third kappa shape index (κ3) is 5.48. The average molecular weight is 362 g/mol. The van der Waals surface area contributed by atoms with Gasteiger partial charge in [-0.05, 0) is 54.7 Å². The summed E-state index contributed by atoms with van der Waals surface area (Å²) in [5, 5.41) is 3.03. The molecule has 1 unspecified atom stereocenters. The molecule has 2 aromatic carbocycles. The molecule has 0 fully saturated rings. The highest BCUT2D eigenvalue weighted by Crippen LogP contribution is 2.21. The van der Waals surface area contributed by atoms with Crippen LogP contribution in [0.15, 0.2) is 73.1 Å². The van der Waals surface area contributed by atoms with Crippen LogP contribution in [0, 0.1) is 12.7 Å². The third-order valence-corrected chi connectivity index (χ3v) is 4.55. The van der Waals surface area contributed by atoms with Crippen molar-refractivity contribution in [1.29, 1.82) is 0 Å². The summed E-state index contributed by atoms with van der Waals surface area (Å²) >= 11 is 0. The molecule has 0 aliphatic rings. The molecule has 0 aliphatic heterocycles. The third-order valence-electron chi connectivity index (χ3n) is 4.55. The summed E-state index contributed by atoms with van der Waals surface area (Å²) in [6, 6.07) is 18.2. The van der Waals surface area contributed by atoms with Gasteiger partial charge in [0, 0.05) is 18.9 Å². The Hall–Kier alpha value is -3.01. The highest BCUT2D eigenvalue weighted by atomic mass is 19.1. The highest BCUT2D eigenvalue weighted by molar-refractivity contribution is 5.84. The summed E-state index contributed by atoms with van der Waals surface area (Å²) in [6.45, 7) is 2.62. The summed E-state index contributed by atoms with van der Waals surface area (Å²) in [5.41, 5.74) is 4.18. The molecule has 138 valence electrons. The predicted octanol–water partition coefficient (Wildman–Crippen LogP) is 4.21. The summed E-state index contributed by atoms with van der Waals surface area (Å²) in [5.74, 6) is -0.746. The van der Waals surface area contributed by atoms with E-state index in [1.54, 1.807) is 24.5 Å². The number of nitrogens with one attached hydrogen (secondary N) is 1. The lowest BCUT2D eigenvalue weighted by atomic mass is 9.91. The first kappa shape index (κ1) is 18.8. The topological polar surface area (TPSA) is 42.0 Å². The van der Waals surface area contributed by atoms with Gasteiger partial charge in [-0.15, -0.1) is 0 Å². The molecule has 3 rings (SSSR count). The van der Waals surface area contributed by atoms with Crippen molar-refractivity contribution in [3.63, 3.8) is 0 Å². The van der Waals surface area contributed by atoms with Crippen LogP contribution >= 0.6 is 0 Å². The van der Waals surface area contributed by atoms with Crippen LogP contribution in [-0.4, -0.2) is 17.4 Å². The quantitative estimate of drug-likeness (QED) is 0.684. The van der Waals surface area contributed by atoms with Gasteiger partial charge in [0.1, 0.15) is 5.82 Å². The molecule has 3 aromatic rings. The first-order valence-corrected chi connectivity index (χ1v) is 9.09. The number of amides is 1. The minimum atomic E-state index is -0.382. The van der Waals surface area contributed by atoms with Gasteiger partial charge >= 0.3 is 0 Å². The summed E-state index contributed by atoms with van der Waals surface area (Å²) in [6.07, 6.45) is 4.76. The fourth-order valence-corrected chi connectivity index (χ4v) is 3.13. The Morgan fingerprint density at radius 2 is 1.85 bits per heavy atom. The number of aromatic nitrogens is 1. The number of nitrogens with zero attached hydrogens (tertiary/aromatic N) is 1. The van der Waals surface area contributed by atoms with E-state index in [0.29, 0.717) is 13.0 Å². The van der Waals surface area contributed by atoms with E-state index in [1.807, 2.05) is 18.2 Å². The zero-order valence-electron chi connectivity index (χ0n) is 15.4. The molecule has 0 radical (unpaired) electrons. The highest BCUT2D eigenvalue weighted by Gasteiger charge is 2.21. The van der Waals surface area contributed by atoms with Gasteiger partial charge in [0.15, 0.2) is 0 Å². The molecule has 1 atom stereocenters. The Bertz CT molecular complexity index is 878. The second-order valence-corrected chi connectivity index (χ2v) is 6.70. The number of hydrogen-bond acceptors (Lipinski definition) is 2. The largest absolute Gasteiger partial charge is 0.355 e. The van der Waals surface area contributed by atoms with Crippen molar-refractivity contribution in [1.82, 2.24) is 10.3 Å². The second kappa shape index (κ2) is 9.08. The molecule has 1 aromatic heterocycles. The lowest BCUT2D eigenvalue weighted by molar-refractivity contribution is -0.122. The number of carbonyl (C=O) groups is 1. The van der Waals surface area contributed by atoms with Gasteiger partial charge < -0.3 is 5.32 Å². The average Bonchev–Trinajstić information content (AvgIpc) is 2.68. The summed E-state index contributed by atoms with van der Waals surface area (Å²) < 4.78 is 13.3. The molecular weight excluding hydrogens is 339 g/mol. The lowest BCUT2D eigenvalue weighted by Crippen LogP contribution is -2.32. The SMILES string of the molecule is Cc1cccc(CCNC(=O)C(Cc2cccnc2)c2ccc(F)cc2)c1. The maximum Gasteiger partial charge on any atom is 0.227 e. The minimum absolute atomic E-state index is 0.0573. The molecule has 27 heavy (non-hydrogen) atoms. The second-order valence-electron chi connectivity index (χ2n) is 6.70. The number of halogens is 1. The van der Waals surface area contributed by atoms with Gasteiger partial charge in [0.05, 0.1) is 5.92 Å². The van der Waals surface area contributed by atoms with E-state index < -0.39 is 0 Å². The van der Waals surface area contributed by atoms with Gasteiger partial charge in [-0.3, -0.25) is 9.78 Å². The van der Waals surface area contributed by atoms with Gasteiger partial charge in [-0.2, -0.15) is 0 Å². The van der Waals surface area contributed by atoms with Crippen molar-refractivity contribution in [2.75, 3.05) is 6.54 Å². The Balaban J connectivity index is 1.69. The zero-order chi connectivity index (χ0) is 19.1. The number of rotatable bonds is 7. The van der Waals surface area contributed by atoms with E-state index in [4.69, 9.17) is 0 Å². The zero-order valence-corrected chi connectivity index (χ0v) is 15.4. The van der Waals surface area contributed by atoms with Crippen LogP contribution in [-0.2, 0) is 17.6 Å². The van der Waals surface area contributed by atoms with Gasteiger partial charge in [-0.1, -0.05) is 48.0 Å². The minimum Gasteiger partial charge on any atom is -0.355 e. The van der Waals surface area contributed by atoms with E-state index in [9.17, 15) is 9.18 Å². The Kier molecular flexibility index (Phi) is 6.31. The van der Waals surface area contributed by atoms with Crippen LogP contribution in [0.25, 0.3) is 0 Å². The summed E-state index contributed by atoms with van der Waals surface area (Å²) in [7, 11) is 0. The normalized spacial score (nSPS) is 11.8. The number of hydrogen-bond donors (Lipinski definition) is 1. The van der Waals surface area contributed by atoms with E-state index in [2.05, 4.69) is 35.4 Å². The van der Waals surface area contributed by atoms with Crippen molar-refractivity contribution in [2.24, 2.45) is 0 Å². The molecule has 0 saturated carbocycles. The van der Waals surface area contributed by atoms with E-state index in [0.717, 1.165) is 17.5 Å². The van der Waals surface area contributed by atoms with Crippen LogP contribution in [0.1, 0.15) is 28.2 Å². The van der Waals surface area contributed by atoms with Crippen molar-refractivity contribution in [2.45, 2.75) is 25.7 Å². The molecule has 0 saturated heterocycles. The molecule has 0 bridgehead atoms. The van der Waals surface area contributed by atoms with E-state index in [-0.39, 0.29) is 17.6 Å². The Labute approximate surface area is 159 Å². The van der Waals surface area contributed by atoms with Crippen LogP contribution in [0.2, 0.25) is 0 Å². The van der Waals surface area contributed by atoms with Crippen molar-refractivity contribution in [3.8, 4) is 0 Å². The van der Waals surface area contributed by atoms with Crippen molar-refractivity contribution < 1.29 is 9.18 Å². The molecule has 4 heteroatoms. The van der Waals surface area contributed by atoms with Gasteiger partial charge in [0.25, 0.3) is 0 Å². The maximum absolute atomic E-state index is 13.3. The Morgan fingerprint density at radius 1 is 1.07 bits per heavy atom. The maximum atomic E-state index is 13.3. The van der Waals surface area contributed by atoms with Crippen molar-refractivity contribution >= 4 is 5.91 Å². The first-order valence-electron chi connectivity index (χ1n) is 9.09. The molecule has 0 aliphatic carbocycles. The summed E-state index contributed by atoms with van der Waals surface area (Å²) in [4.78, 5) is 17.0. The molecule has 1 amide bonds. The van der Waals surface area contributed by atoms with Gasteiger partial charge in [0.2, 0.25) is 5.91 Å². The first-order chi connectivity index (χ1) is 13.1. The van der Waals surface area contributed by atoms with Crippen LogP contribution in [0.5, 0.6) is 0 Å². The van der Waals surface area contributed by atoms with E-state index >= 15 is 0 Å². The molecule has 3 nitrogen and oxygen atoms in total. The van der Waals surface area contributed by atoms with E-state index in [1.165, 1.54) is 23.3 Å². The van der Waals surface area contributed by atoms with Gasteiger partial charge in [-0.25, -0.2) is 4.39 Å². The number of carbonyl (C=O) groups excluding carboxylic acids is 1. The smallest absolute Gasteiger partial charge is 0.227 e. The molecular formula is C23H23FN2O. The Morgan fingerprint density at radius 3 is 2.56 bits per heavy atom. The van der Waals surface area contributed by atoms with Crippen LogP contribution < -0.4 is 5.32 Å².